The first-order valence-electron chi connectivity index (χ1n) is 5.77. The number of rotatable bonds is 5. The molecular formula is C13H16N4S. The summed E-state index contributed by atoms with van der Waals surface area (Å²) in [4.78, 5) is 15.1. The van der Waals surface area contributed by atoms with Crippen LogP contribution in [0.15, 0.2) is 41.8 Å². The van der Waals surface area contributed by atoms with Crippen molar-refractivity contribution >= 4 is 17.6 Å². The average Bonchev–Trinajstić information content (AvgIpc) is 2.46. The van der Waals surface area contributed by atoms with Crippen molar-refractivity contribution in [3.8, 4) is 0 Å². The highest BCUT2D eigenvalue weighted by molar-refractivity contribution is 7.98. The van der Waals surface area contributed by atoms with Gasteiger partial charge in [-0.3, -0.25) is 4.98 Å². The molecule has 0 unspecified atom stereocenters. The summed E-state index contributed by atoms with van der Waals surface area (Å²) in [6, 6.07) is 7.92. The van der Waals surface area contributed by atoms with Gasteiger partial charge >= 0.3 is 0 Å². The minimum Gasteiger partial charge on any atom is -0.359 e. The minimum absolute atomic E-state index is 0.803. The SMILES string of the molecule is CSc1nccc(N(C)CCc2ccccn2)n1. The van der Waals surface area contributed by atoms with Crippen molar-refractivity contribution in [1.29, 1.82) is 0 Å². The normalized spacial score (nSPS) is 10.3. The number of aromatic nitrogens is 3. The number of likely N-dealkylation sites (N-methyl/N-ethyl adjacent to an activating group) is 1. The molecule has 0 aliphatic carbocycles. The van der Waals surface area contributed by atoms with Gasteiger partial charge in [-0.1, -0.05) is 17.8 Å². The molecule has 2 aromatic heterocycles. The molecule has 4 nitrogen and oxygen atoms in total. The van der Waals surface area contributed by atoms with Crippen LogP contribution in [0.1, 0.15) is 5.69 Å². The fourth-order valence-electron chi connectivity index (χ4n) is 1.59. The first-order chi connectivity index (χ1) is 8.79. The third-order valence-electron chi connectivity index (χ3n) is 2.62. The second kappa shape index (κ2) is 6.35. The Morgan fingerprint density at radius 2 is 2.06 bits per heavy atom. The Morgan fingerprint density at radius 3 is 2.78 bits per heavy atom. The number of hydrogen-bond donors (Lipinski definition) is 0. The van der Waals surface area contributed by atoms with E-state index in [4.69, 9.17) is 0 Å². The van der Waals surface area contributed by atoms with Gasteiger partial charge in [0, 0.05) is 38.1 Å². The molecule has 0 bridgehead atoms. The summed E-state index contributed by atoms with van der Waals surface area (Å²) >= 11 is 1.55. The molecule has 0 spiro atoms. The molecule has 2 rings (SSSR count). The van der Waals surface area contributed by atoms with Gasteiger partial charge in [-0.15, -0.1) is 0 Å². The van der Waals surface area contributed by atoms with Crippen LogP contribution >= 0.6 is 11.8 Å². The quantitative estimate of drug-likeness (QED) is 0.609. The Balaban J connectivity index is 1.97. The zero-order valence-electron chi connectivity index (χ0n) is 10.6. The van der Waals surface area contributed by atoms with Gasteiger partial charge in [-0.05, 0) is 24.5 Å². The second-order valence-electron chi connectivity index (χ2n) is 3.89. The van der Waals surface area contributed by atoms with Gasteiger partial charge in [-0.25, -0.2) is 9.97 Å². The van der Waals surface area contributed by atoms with E-state index in [-0.39, 0.29) is 0 Å². The Labute approximate surface area is 111 Å². The summed E-state index contributed by atoms with van der Waals surface area (Å²) < 4.78 is 0. The van der Waals surface area contributed by atoms with Gasteiger partial charge in [0.15, 0.2) is 5.16 Å². The second-order valence-corrected chi connectivity index (χ2v) is 4.67. The predicted octanol–water partition coefficient (Wildman–Crippen LogP) is 2.27. The molecule has 0 amide bonds. The fourth-order valence-corrected chi connectivity index (χ4v) is 1.94. The first-order valence-corrected chi connectivity index (χ1v) is 7.00. The Hall–Kier alpha value is -1.62. The maximum absolute atomic E-state index is 4.46. The summed E-state index contributed by atoms with van der Waals surface area (Å²) in [5.74, 6) is 0.949. The lowest BCUT2D eigenvalue weighted by molar-refractivity contribution is 0.819. The molecule has 0 aromatic carbocycles. The van der Waals surface area contributed by atoms with Crippen LogP contribution in [0.3, 0.4) is 0 Å². The molecule has 0 aliphatic heterocycles. The van der Waals surface area contributed by atoms with Crippen LogP contribution in [0, 0.1) is 0 Å². The zero-order valence-corrected chi connectivity index (χ0v) is 11.4. The minimum atomic E-state index is 0.803. The highest BCUT2D eigenvalue weighted by Gasteiger charge is 2.04. The Kier molecular flexibility index (Phi) is 4.52. The largest absolute Gasteiger partial charge is 0.359 e. The van der Waals surface area contributed by atoms with Crippen LogP contribution in [-0.2, 0) is 6.42 Å². The van der Waals surface area contributed by atoms with Crippen LogP contribution in [0.4, 0.5) is 5.82 Å². The summed E-state index contributed by atoms with van der Waals surface area (Å²) in [5.41, 5.74) is 1.10. The number of pyridine rings is 1. The lowest BCUT2D eigenvalue weighted by Crippen LogP contribution is -2.21. The van der Waals surface area contributed by atoms with Gasteiger partial charge in [0.1, 0.15) is 5.82 Å². The van der Waals surface area contributed by atoms with Crippen LogP contribution in [0.5, 0.6) is 0 Å². The van der Waals surface area contributed by atoms with Crippen LogP contribution < -0.4 is 4.90 Å². The number of hydrogen-bond acceptors (Lipinski definition) is 5. The van der Waals surface area contributed by atoms with Crippen molar-refractivity contribution in [1.82, 2.24) is 15.0 Å². The maximum atomic E-state index is 4.46. The molecule has 18 heavy (non-hydrogen) atoms. The topological polar surface area (TPSA) is 41.9 Å². The van der Waals surface area contributed by atoms with Crippen LogP contribution in [0.25, 0.3) is 0 Å². The molecule has 2 aromatic rings. The van der Waals surface area contributed by atoms with Crippen molar-refractivity contribution in [2.75, 3.05) is 24.7 Å². The summed E-state index contributed by atoms with van der Waals surface area (Å²) in [5, 5.41) is 0.803. The molecular weight excluding hydrogens is 244 g/mol. The molecule has 0 fully saturated rings. The Bertz CT molecular complexity index is 489. The van der Waals surface area contributed by atoms with Crippen molar-refractivity contribution in [3.05, 3.63) is 42.4 Å². The van der Waals surface area contributed by atoms with Crippen LogP contribution in [0.2, 0.25) is 0 Å². The van der Waals surface area contributed by atoms with E-state index in [1.807, 2.05) is 43.8 Å². The lowest BCUT2D eigenvalue weighted by atomic mass is 10.2. The lowest BCUT2D eigenvalue weighted by Gasteiger charge is -2.17. The van der Waals surface area contributed by atoms with E-state index < -0.39 is 0 Å². The van der Waals surface area contributed by atoms with Gasteiger partial charge in [-0.2, -0.15) is 0 Å². The van der Waals surface area contributed by atoms with E-state index in [0.29, 0.717) is 0 Å². The Morgan fingerprint density at radius 1 is 1.17 bits per heavy atom. The average molecular weight is 260 g/mol. The number of anilines is 1. The molecule has 0 aliphatic rings. The third-order valence-corrected chi connectivity index (χ3v) is 3.18. The maximum Gasteiger partial charge on any atom is 0.189 e. The molecule has 0 saturated carbocycles. The molecule has 94 valence electrons. The van der Waals surface area contributed by atoms with E-state index >= 15 is 0 Å². The fraction of sp³-hybridized carbons (Fsp3) is 0.308. The monoisotopic (exact) mass is 260 g/mol. The van der Waals surface area contributed by atoms with Gasteiger partial charge in [0.2, 0.25) is 0 Å². The standard InChI is InChI=1S/C13H16N4S/c1-17(10-7-11-5-3-4-8-14-11)12-6-9-15-13(16-12)18-2/h3-6,8-9H,7,10H2,1-2H3. The first kappa shape index (κ1) is 12.8. The highest BCUT2D eigenvalue weighted by atomic mass is 32.2. The third kappa shape index (κ3) is 3.43. The highest BCUT2D eigenvalue weighted by Crippen LogP contribution is 2.13. The van der Waals surface area contributed by atoms with E-state index in [9.17, 15) is 0 Å². The van der Waals surface area contributed by atoms with E-state index in [2.05, 4.69) is 19.9 Å². The predicted molar refractivity (Wildman–Crippen MR) is 75.0 cm³/mol. The summed E-state index contributed by atoms with van der Waals surface area (Å²) in [6.07, 6.45) is 6.51. The van der Waals surface area contributed by atoms with E-state index in [1.54, 1.807) is 18.0 Å². The molecule has 0 atom stereocenters. The molecule has 0 saturated heterocycles. The van der Waals surface area contributed by atoms with Crippen molar-refractivity contribution in [3.63, 3.8) is 0 Å². The summed E-state index contributed by atoms with van der Waals surface area (Å²) in [6.45, 7) is 0.891. The van der Waals surface area contributed by atoms with Crippen LogP contribution in [-0.4, -0.2) is 34.8 Å². The molecule has 5 heteroatoms. The van der Waals surface area contributed by atoms with Crippen molar-refractivity contribution < 1.29 is 0 Å². The summed E-state index contributed by atoms with van der Waals surface area (Å²) in [7, 11) is 2.04. The smallest absolute Gasteiger partial charge is 0.189 e. The molecule has 2 heterocycles. The molecule has 0 radical (unpaired) electrons. The van der Waals surface area contributed by atoms with Crippen molar-refractivity contribution in [2.24, 2.45) is 0 Å². The number of nitrogens with zero attached hydrogens (tertiary/aromatic N) is 4. The van der Waals surface area contributed by atoms with E-state index in [1.165, 1.54) is 0 Å². The molecule has 0 N–H and O–H groups in total. The number of thioether (sulfide) groups is 1. The van der Waals surface area contributed by atoms with Crippen molar-refractivity contribution in [2.45, 2.75) is 11.6 Å². The van der Waals surface area contributed by atoms with Gasteiger partial charge in [0.05, 0.1) is 0 Å². The van der Waals surface area contributed by atoms with Gasteiger partial charge < -0.3 is 4.90 Å². The van der Waals surface area contributed by atoms with Gasteiger partial charge in [0.25, 0.3) is 0 Å². The zero-order chi connectivity index (χ0) is 12.8. The van der Waals surface area contributed by atoms with E-state index in [0.717, 1.165) is 29.6 Å².